The highest BCUT2D eigenvalue weighted by atomic mass is 19.4. The van der Waals surface area contributed by atoms with Crippen molar-refractivity contribution in [3.05, 3.63) is 53.6 Å². The van der Waals surface area contributed by atoms with Gasteiger partial charge in [0.2, 0.25) is 0 Å². The molecule has 0 bridgehead atoms. The minimum absolute atomic E-state index is 0.0870. The number of aldehydes is 1. The summed E-state index contributed by atoms with van der Waals surface area (Å²) in [6.07, 6.45) is -2.09. The first-order valence-corrected chi connectivity index (χ1v) is 5.18. The normalized spacial score (nSPS) is 11.4. The van der Waals surface area contributed by atoms with Crippen LogP contribution in [0, 0.1) is 5.82 Å². The van der Waals surface area contributed by atoms with Crippen LogP contribution in [-0.2, 0) is 6.18 Å². The number of aromatic nitrogens is 1. The minimum Gasteiger partial charge on any atom is -0.298 e. The van der Waals surface area contributed by atoms with Crippen LogP contribution in [0.2, 0.25) is 0 Å². The van der Waals surface area contributed by atoms with E-state index in [0.717, 1.165) is 24.4 Å². The maximum absolute atomic E-state index is 13.0. The third-order valence-electron chi connectivity index (χ3n) is 2.46. The molecule has 0 saturated heterocycles. The van der Waals surface area contributed by atoms with E-state index in [1.54, 1.807) is 0 Å². The molecule has 2 rings (SSSR count). The summed E-state index contributed by atoms with van der Waals surface area (Å²) in [5.41, 5.74) is -0.830. The molecule has 2 aromatic rings. The maximum Gasteiger partial charge on any atom is 0.416 e. The van der Waals surface area contributed by atoms with Crippen LogP contribution < -0.4 is 0 Å². The molecule has 0 fully saturated rings. The van der Waals surface area contributed by atoms with E-state index in [4.69, 9.17) is 0 Å². The van der Waals surface area contributed by atoms with Crippen molar-refractivity contribution in [3.63, 3.8) is 0 Å². The molecule has 98 valence electrons. The monoisotopic (exact) mass is 269 g/mol. The lowest BCUT2D eigenvalue weighted by atomic mass is 10.0. The lowest BCUT2D eigenvalue weighted by molar-refractivity contribution is -0.137. The molecule has 0 N–H and O–H groups in total. The molecule has 0 aliphatic rings. The van der Waals surface area contributed by atoms with Gasteiger partial charge in [0, 0.05) is 17.3 Å². The molecule has 0 spiro atoms. The number of hydrogen-bond donors (Lipinski definition) is 0. The zero-order chi connectivity index (χ0) is 14.0. The summed E-state index contributed by atoms with van der Waals surface area (Å²) in [4.78, 5) is 14.2. The predicted molar refractivity (Wildman–Crippen MR) is 60.0 cm³/mol. The zero-order valence-electron chi connectivity index (χ0n) is 9.41. The Kier molecular flexibility index (Phi) is 3.33. The standard InChI is InChI=1S/C13H7F4NO/c14-12-4-10(5-18-6-12)9-1-8(7-19)2-11(3-9)13(15,16)17/h1-7H. The number of hydrogen-bond acceptors (Lipinski definition) is 2. The van der Waals surface area contributed by atoms with Crippen molar-refractivity contribution in [2.45, 2.75) is 6.18 Å². The highest BCUT2D eigenvalue weighted by Gasteiger charge is 2.31. The van der Waals surface area contributed by atoms with Gasteiger partial charge in [-0.05, 0) is 29.8 Å². The summed E-state index contributed by atoms with van der Waals surface area (Å²) >= 11 is 0. The number of carbonyl (C=O) groups is 1. The average molecular weight is 269 g/mol. The fraction of sp³-hybridized carbons (Fsp3) is 0.0769. The number of halogens is 4. The second kappa shape index (κ2) is 4.79. The molecule has 19 heavy (non-hydrogen) atoms. The second-order valence-electron chi connectivity index (χ2n) is 3.85. The van der Waals surface area contributed by atoms with Gasteiger partial charge in [0.25, 0.3) is 0 Å². The Morgan fingerprint density at radius 2 is 1.74 bits per heavy atom. The van der Waals surface area contributed by atoms with Gasteiger partial charge < -0.3 is 0 Å². The second-order valence-corrected chi connectivity index (χ2v) is 3.85. The zero-order valence-corrected chi connectivity index (χ0v) is 9.41. The van der Waals surface area contributed by atoms with Crippen molar-refractivity contribution in [2.24, 2.45) is 0 Å². The Morgan fingerprint density at radius 3 is 2.32 bits per heavy atom. The lowest BCUT2D eigenvalue weighted by Crippen LogP contribution is -2.06. The van der Waals surface area contributed by atoms with Gasteiger partial charge in [0.05, 0.1) is 11.8 Å². The molecular formula is C13H7F4NO. The van der Waals surface area contributed by atoms with Crippen molar-refractivity contribution in [1.82, 2.24) is 4.98 Å². The van der Waals surface area contributed by atoms with Crippen molar-refractivity contribution in [3.8, 4) is 11.1 Å². The Labute approximate surface area is 105 Å². The van der Waals surface area contributed by atoms with Crippen LogP contribution in [-0.4, -0.2) is 11.3 Å². The van der Waals surface area contributed by atoms with Crippen molar-refractivity contribution in [1.29, 1.82) is 0 Å². The molecule has 0 aliphatic heterocycles. The minimum atomic E-state index is -4.57. The fourth-order valence-electron chi connectivity index (χ4n) is 1.62. The van der Waals surface area contributed by atoms with Crippen LogP contribution in [0.15, 0.2) is 36.7 Å². The van der Waals surface area contributed by atoms with Crippen molar-refractivity contribution < 1.29 is 22.4 Å². The molecule has 0 aliphatic carbocycles. The first kappa shape index (κ1) is 13.2. The van der Waals surface area contributed by atoms with Crippen LogP contribution in [0.4, 0.5) is 17.6 Å². The van der Waals surface area contributed by atoms with Gasteiger partial charge in [0.1, 0.15) is 12.1 Å². The van der Waals surface area contributed by atoms with Gasteiger partial charge >= 0.3 is 6.18 Å². The van der Waals surface area contributed by atoms with E-state index in [-0.39, 0.29) is 16.7 Å². The molecule has 0 atom stereocenters. The van der Waals surface area contributed by atoms with E-state index in [0.29, 0.717) is 6.29 Å². The molecule has 0 radical (unpaired) electrons. The highest BCUT2D eigenvalue weighted by Crippen LogP contribution is 2.33. The first-order chi connectivity index (χ1) is 8.90. The van der Waals surface area contributed by atoms with Crippen LogP contribution in [0.1, 0.15) is 15.9 Å². The predicted octanol–water partition coefficient (Wildman–Crippen LogP) is 3.72. The van der Waals surface area contributed by atoms with Crippen molar-refractivity contribution in [2.75, 3.05) is 0 Å². The van der Waals surface area contributed by atoms with Gasteiger partial charge in [-0.1, -0.05) is 0 Å². The summed E-state index contributed by atoms with van der Waals surface area (Å²) in [6, 6.07) is 3.89. The van der Waals surface area contributed by atoms with Gasteiger partial charge in [-0.15, -0.1) is 0 Å². The number of rotatable bonds is 2. The average Bonchev–Trinajstić information content (AvgIpc) is 2.37. The van der Waals surface area contributed by atoms with E-state index in [1.807, 2.05) is 0 Å². The molecule has 2 nitrogen and oxygen atoms in total. The van der Waals surface area contributed by atoms with Gasteiger partial charge in [0.15, 0.2) is 0 Å². The van der Waals surface area contributed by atoms with Crippen LogP contribution >= 0.6 is 0 Å². The molecule has 6 heteroatoms. The Balaban J connectivity index is 2.60. The smallest absolute Gasteiger partial charge is 0.298 e. The first-order valence-electron chi connectivity index (χ1n) is 5.18. The highest BCUT2D eigenvalue weighted by molar-refractivity contribution is 5.79. The Hall–Kier alpha value is -2.24. The molecule has 0 unspecified atom stereocenters. The summed E-state index contributed by atoms with van der Waals surface area (Å²) in [5.74, 6) is -0.664. The summed E-state index contributed by atoms with van der Waals surface area (Å²) in [6.45, 7) is 0. The molecule has 1 aromatic heterocycles. The third-order valence-corrected chi connectivity index (χ3v) is 2.46. The van der Waals surface area contributed by atoms with Crippen molar-refractivity contribution >= 4 is 6.29 Å². The third kappa shape index (κ3) is 2.96. The number of carbonyl (C=O) groups excluding carboxylic acids is 1. The quantitative estimate of drug-likeness (QED) is 0.614. The summed E-state index contributed by atoms with van der Waals surface area (Å²) in [7, 11) is 0. The number of pyridine rings is 1. The SMILES string of the molecule is O=Cc1cc(-c2cncc(F)c2)cc(C(F)(F)F)c1. The molecule has 1 aromatic carbocycles. The maximum atomic E-state index is 13.0. The van der Waals surface area contributed by atoms with E-state index < -0.39 is 17.6 Å². The number of benzene rings is 1. The van der Waals surface area contributed by atoms with E-state index >= 15 is 0 Å². The fourth-order valence-corrected chi connectivity index (χ4v) is 1.62. The summed E-state index contributed by atoms with van der Waals surface area (Å²) in [5, 5.41) is 0. The topological polar surface area (TPSA) is 30.0 Å². The number of alkyl halides is 3. The summed E-state index contributed by atoms with van der Waals surface area (Å²) < 4.78 is 51.0. The van der Waals surface area contributed by atoms with Gasteiger partial charge in [-0.2, -0.15) is 13.2 Å². The van der Waals surface area contributed by atoms with E-state index in [2.05, 4.69) is 4.98 Å². The number of nitrogens with zero attached hydrogens (tertiary/aromatic N) is 1. The molecule has 0 amide bonds. The van der Waals surface area contributed by atoms with Gasteiger partial charge in [-0.3, -0.25) is 9.78 Å². The lowest BCUT2D eigenvalue weighted by Gasteiger charge is -2.10. The molecular weight excluding hydrogens is 262 g/mol. The van der Waals surface area contributed by atoms with Crippen LogP contribution in [0.3, 0.4) is 0 Å². The van der Waals surface area contributed by atoms with E-state index in [1.165, 1.54) is 12.3 Å². The Morgan fingerprint density at radius 1 is 1.00 bits per heavy atom. The largest absolute Gasteiger partial charge is 0.416 e. The molecule has 0 saturated carbocycles. The molecule has 1 heterocycles. The van der Waals surface area contributed by atoms with Crippen LogP contribution in [0.25, 0.3) is 11.1 Å². The van der Waals surface area contributed by atoms with E-state index in [9.17, 15) is 22.4 Å². The van der Waals surface area contributed by atoms with Crippen LogP contribution in [0.5, 0.6) is 0 Å². The Bertz CT molecular complexity index is 622. The van der Waals surface area contributed by atoms with Gasteiger partial charge in [-0.25, -0.2) is 4.39 Å².